The standard InChI is InChI=1S/C16H15BrClFN4O3S/c17-11-5-4-10(26-11)14(24)21-12-13(20)22-16(23-15(12)25)27-6-7-8(18)2-1-3-9(7)19/h1-5,12-13,16,22H,6,20H2,(H,21,24)(H,23,25). The Hall–Kier alpha value is -1.59. The Balaban J connectivity index is 1.58. The van der Waals surface area contributed by atoms with Crippen molar-refractivity contribution in [2.24, 2.45) is 5.73 Å². The van der Waals surface area contributed by atoms with Gasteiger partial charge in [0.2, 0.25) is 5.91 Å². The van der Waals surface area contributed by atoms with Crippen molar-refractivity contribution in [1.29, 1.82) is 0 Å². The minimum absolute atomic E-state index is 0.0487. The molecule has 144 valence electrons. The summed E-state index contributed by atoms with van der Waals surface area (Å²) in [6.45, 7) is 0. The lowest BCUT2D eigenvalue weighted by atomic mass is 10.1. The monoisotopic (exact) mass is 476 g/mol. The van der Waals surface area contributed by atoms with Gasteiger partial charge in [-0.2, -0.15) is 0 Å². The van der Waals surface area contributed by atoms with Gasteiger partial charge >= 0.3 is 0 Å². The lowest BCUT2D eigenvalue weighted by molar-refractivity contribution is -0.125. The van der Waals surface area contributed by atoms with Crippen LogP contribution >= 0.6 is 39.3 Å². The van der Waals surface area contributed by atoms with E-state index in [1.54, 1.807) is 12.1 Å². The Morgan fingerprint density at radius 2 is 2.19 bits per heavy atom. The van der Waals surface area contributed by atoms with Gasteiger partial charge in [-0.15, -0.1) is 11.8 Å². The van der Waals surface area contributed by atoms with Gasteiger partial charge in [-0.3, -0.25) is 14.9 Å². The van der Waals surface area contributed by atoms with E-state index < -0.39 is 35.3 Å². The number of hydrogen-bond donors (Lipinski definition) is 4. The second-order valence-corrected chi connectivity index (χ2v) is 7.93. The predicted octanol–water partition coefficient (Wildman–Crippen LogP) is 2.15. The summed E-state index contributed by atoms with van der Waals surface area (Å²) in [5.41, 5.74) is 5.76. The number of rotatable bonds is 5. The van der Waals surface area contributed by atoms with E-state index in [-0.39, 0.29) is 11.5 Å². The molecule has 0 bridgehead atoms. The molecule has 1 aliphatic heterocycles. The lowest BCUT2D eigenvalue weighted by Crippen LogP contribution is -2.70. The third-order valence-electron chi connectivity index (χ3n) is 3.80. The number of nitrogens with one attached hydrogen (secondary N) is 3. The second kappa shape index (κ2) is 8.61. The Morgan fingerprint density at radius 1 is 1.41 bits per heavy atom. The molecular formula is C16H15BrClFN4O3S. The summed E-state index contributed by atoms with van der Waals surface area (Å²) >= 11 is 10.3. The maximum atomic E-state index is 13.8. The highest BCUT2D eigenvalue weighted by Gasteiger charge is 2.36. The van der Waals surface area contributed by atoms with E-state index in [2.05, 4.69) is 31.9 Å². The third kappa shape index (κ3) is 4.82. The first-order chi connectivity index (χ1) is 12.8. The number of nitrogens with two attached hydrogens (primary N) is 1. The number of carbonyl (C=O) groups excluding carboxylic acids is 2. The highest BCUT2D eigenvalue weighted by molar-refractivity contribution is 9.10. The van der Waals surface area contributed by atoms with Crippen molar-refractivity contribution in [3.63, 3.8) is 0 Å². The molecule has 5 N–H and O–H groups in total. The molecule has 7 nitrogen and oxygen atoms in total. The summed E-state index contributed by atoms with van der Waals surface area (Å²) in [4.78, 5) is 24.5. The highest BCUT2D eigenvalue weighted by atomic mass is 79.9. The number of benzene rings is 1. The predicted molar refractivity (Wildman–Crippen MR) is 103 cm³/mol. The number of hydrogen-bond acceptors (Lipinski definition) is 6. The van der Waals surface area contributed by atoms with Crippen molar-refractivity contribution < 1.29 is 18.4 Å². The smallest absolute Gasteiger partial charge is 0.287 e. The second-order valence-electron chi connectivity index (χ2n) is 5.65. The minimum Gasteiger partial charge on any atom is -0.444 e. The van der Waals surface area contributed by atoms with Crippen LogP contribution in [0.4, 0.5) is 4.39 Å². The molecular weight excluding hydrogens is 463 g/mol. The normalized spacial score (nSPS) is 22.4. The molecule has 3 unspecified atom stereocenters. The molecule has 0 aliphatic carbocycles. The van der Waals surface area contributed by atoms with Crippen LogP contribution in [0.15, 0.2) is 39.4 Å². The molecule has 2 heterocycles. The molecule has 0 saturated carbocycles. The van der Waals surface area contributed by atoms with Crippen molar-refractivity contribution in [2.75, 3.05) is 0 Å². The Bertz CT molecular complexity index is 848. The quantitative estimate of drug-likeness (QED) is 0.525. The Morgan fingerprint density at radius 3 is 2.81 bits per heavy atom. The van der Waals surface area contributed by atoms with Gasteiger partial charge < -0.3 is 20.8 Å². The third-order valence-corrected chi connectivity index (χ3v) is 5.62. The zero-order valence-electron chi connectivity index (χ0n) is 13.7. The summed E-state index contributed by atoms with van der Waals surface area (Å²) < 4.78 is 19.4. The van der Waals surface area contributed by atoms with Gasteiger partial charge in [0.05, 0.1) is 6.17 Å². The molecule has 1 aliphatic rings. The Kier molecular flexibility index (Phi) is 6.43. The first kappa shape index (κ1) is 20.2. The van der Waals surface area contributed by atoms with E-state index in [9.17, 15) is 14.0 Å². The van der Waals surface area contributed by atoms with Gasteiger partial charge in [-0.1, -0.05) is 17.7 Å². The van der Waals surface area contributed by atoms with Gasteiger partial charge in [-0.05, 0) is 40.2 Å². The number of halogens is 3. The summed E-state index contributed by atoms with van der Waals surface area (Å²) in [5.74, 6) is -1.17. The van der Waals surface area contributed by atoms with Crippen LogP contribution in [0.5, 0.6) is 0 Å². The highest BCUT2D eigenvalue weighted by Crippen LogP contribution is 2.25. The van der Waals surface area contributed by atoms with Crippen molar-refractivity contribution in [1.82, 2.24) is 16.0 Å². The van der Waals surface area contributed by atoms with E-state index in [1.807, 2.05) is 0 Å². The summed E-state index contributed by atoms with van der Waals surface area (Å²) in [7, 11) is 0. The van der Waals surface area contributed by atoms with Gasteiger partial charge in [0, 0.05) is 16.3 Å². The fourth-order valence-corrected chi connectivity index (χ4v) is 4.12. The molecule has 1 aromatic heterocycles. The maximum absolute atomic E-state index is 13.8. The number of furan rings is 1. The van der Waals surface area contributed by atoms with Crippen LogP contribution in [-0.4, -0.2) is 29.5 Å². The summed E-state index contributed by atoms with van der Waals surface area (Å²) in [5, 5.41) is 8.46. The first-order valence-electron chi connectivity index (χ1n) is 7.78. The molecule has 0 radical (unpaired) electrons. The minimum atomic E-state index is -0.990. The van der Waals surface area contributed by atoms with E-state index in [0.29, 0.717) is 15.3 Å². The molecule has 27 heavy (non-hydrogen) atoms. The van der Waals surface area contributed by atoms with E-state index in [1.165, 1.54) is 30.0 Å². The van der Waals surface area contributed by atoms with E-state index in [0.717, 1.165) is 0 Å². The molecule has 3 rings (SSSR count). The summed E-state index contributed by atoms with van der Waals surface area (Å²) in [6.07, 6.45) is -0.838. The number of carbonyl (C=O) groups is 2. The van der Waals surface area contributed by atoms with Crippen LogP contribution in [-0.2, 0) is 10.5 Å². The van der Waals surface area contributed by atoms with Crippen LogP contribution in [0.25, 0.3) is 0 Å². The zero-order chi connectivity index (χ0) is 19.6. The fourth-order valence-electron chi connectivity index (χ4n) is 2.43. The topological polar surface area (TPSA) is 109 Å². The van der Waals surface area contributed by atoms with Crippen LogP contribution in [0.2, 0.25) is 5.02 Å². The average molecular weight is 478 g/mol. The molecule has 0 spiro atoms. The Labute approximate surface area is 171 Å². The number of amides is 2. The molecule has 1 saturated heterocycles. The van der Waals surface area contributed by atoms with Crippen molar-refractivity contribution in [3.05, 3.63) is 57.2 Å². The van der Waals surface area contributed by atoms with Crippen molar-refractivity contribution >= 4 is 51.1 Å². The molecule has 11 heteroatoms. The van der Waals surface area contributed by atoms with Crippen LogP contribution in [0, 0.1) is 5.82 Å². The maximum Gasteiger partial charge on any atom is 0.287 e. The van der Waals surface area contributed by atoms with Gasteiger partial charge in [0.1, 0.15) is 17.4 Å². The average Bonchev–Trinajstić information content (AvgIpc) is 3.04. The first-order valence-corrected chi connectivity index (χ1v) is 10.00. The molecule has 1 fully saturated rings. The van der Waals surface area contributed by atoms with Gasteiger partial charge in [-0.25, -0.2) is 4.39 Å². The fraction of sp³-hybridized carbons (Fsp3) is 0.250. The lowest BCUT2D eigenvalue weighted by Gasteiger charge is -2.35. The van der Waals surface area contributed by atoms with Crippen LogP contribution < -0.4 is 21.7 Å². The molecule has 3 atom stereocenters. The van der Waals surface area contributed by atoms with Crippen molar-refractivity contribution in [3.8, 4) is 0 Å². The molecule has 1 aromatic carbocycles. The van der Waals surface area contributed by atoms with Crippen LogP contribution in [0.3, 0.4) is 0 Å². The molecule has 2 aromatic rings. The van der Waals surface area contributed by atoms with Crippen molar-refractivity contribution in [2.45, 2.75) is 23.5 Å². The summed E-state index contributed by atoms with van der Waals surface area (Å²) in [6, 6.07) is 6.48. The SMILES string of the molecule is NC1NC(SCc2c(F)cccc2Cl)NC(=O)C1NC(=O)c1ccc(Br)o1. The van der Waals surface area contributed by atoms with E-state index in [4.69, 9.17) is 21.8 Å². The molecule has 2 amide bonds. The van der Waals surface area contributed by atoms with Gasteiger partial charge in [0.25, 0.3) is 5.91 Å². The number of thioether (sulfide) groups is 1. The van der Waals surface area contributed by atoms with Gasteiger partial charge in [0.15, 0.2) is 10.4 Å². The van der Waals surface area contributed by atoms with E-state index >= 15 is 0 Å². The van der Waals surface area contributed by atoms with Crippen LogP contribution in [0.1, 0.15) is 16.1 Å². The zero-order valence-corrected chi connectivity index (χ0v) is 16.8. The largest absolute Gasteiger partial charge is 0.444 e.